The molecule has 2 aromatic rings. The quantitative estimate of drug-likeness (QED) is 0.852. The Hall–Kier alpha value is -2.16. The zero-order chi connectivity index (χ0) is 15.5. The lowest BCUT2D eigenvalue weighted by atomic mass is 10.0. The third kappa shape index (κ3) is 2.89. The van der Waals surface area contributed by atoms with Crippen molar-refractivity contribution in [2.45, 2.75) is 39.2 Å². The third-order valence-electron chi connectivity index (χ3n) is 4.30. The Labute approximate surface area is 132 Å². The molecule has 1 saturated heterocycles. The van der Waals surface area contributed by atoms with E-state index in [1.54, 1.807) is 0 Å². The fourth-order valence-corrected chi connectivity index (χ4v) is 3.24. The first-order chi connectivity index (χ1) is 10.7. The van der Waals surface area contributed by atoms with E-state index in [2.05, 4.69) is 24.3 Å². The lowest BCUT2D eigenvalue weighted by molar-refractivity contribution is -0.131. The minimum absolute atomic E-state index is 0.134. The zero-order valence-corrected chi connectivity index (χ0v) is 13.2. The van der Waals surface area contributed by atoms with Gasteiger partial charge < -0.3 is 4.90 Å². The van der Waals surface area contributed by atoms with E-state index in [1.807, 2.05) is 36.9 Å². The Morgan fingerprint density at radius 2 is 2.00 bits per heavy atom. The topological polar surface area (TPSA) is 33.2 Å². The van der Waals surface area contributed by atoms with Crippen molar-refractivity contribution in [3.63, 3.8) is 0 Å². The van der Waals surface area contributed by atoms with Gasteiger partial charge >= 0.3 is 0 Å². The summed E-state index contributed by atoms with van der Waals surface area (Å²) in [5, 5.41) is 0. The first-order valence-corrected chi connectivity index (χ1v) is 8.02. The third-order valence-corrected chi connectivity index (χ3v) is 4.30. The molecular weight excluding hydrogens is 272 g/mol. The molecule has 1 atom stereocenters. The monoisotopic (exact) mass is 294 g/mol. The SMILES string of the molecule is CCC(=O)N1CCC[C@H]1c1cc(-c2ccccc2)cc(C)n1. The van der Waals surface area contributed by atoms with E-state index < -0.39 is 0 Å². The molecule has 22 heavy (non-hydrogen) atoms. The van der Waals surface area contributed by atoms with Gasteiger partial charge in [0.05, 0.1) is 11.7 Å². The van der Waals surface area contributed by atoms with Gasteiger partial charge in [0.1, 0.15) is 0 Å². The predicted octanol–water partition coefficient (Wildman–Crippen LogP) is 4.13. The Morgan fingerprint density at radius 3 is 2.73 bits per heavy atom. The van der Waals surface area contributed by atoms with Crippen molar-refractivity contribution in [3.8, 4) is 11.1 Å². The maximum absolute atomic E-state index is 12.1. The van der Waals surface area contributed by atoms with E-state index in [1.165, 1.54) is 11.1 Å². The van der Waals surface area contributed by atoms with Gasteiger partial charge in [-0.25, -0.2) is 0 Å². The fraction of sp³-hybridized carbons (Fsp3) is 0.368. The van der Waals surface area contributed by atoms with Gasteiger partial charge in [0.15, 0.2) is 0 Å². The smallest absolute Gasteiger partial charge is 0.222 e. The van der Waals surface area contributed by atoms with Gasteiger partial charge in [-0.05, 0) is 43.0 Å². The second-order valence-electron chi connectivity index (χ2n) is 5.89. The highest BCUT2D eigenvalue weighted by atomic mass is 16.2. The van der Waals surface area contributed by atoms with Crippen LogP contribution in [0.2, 0.25) is 0 Å². The number of pyridine rings is 1. The molecule has 1 aliphatic heterocycles. The number of benzene rings is 1. The maximum Gasteiger partial charge on any atom is 0.222 e. The average molecular weight is 294 g/mol. The van der Waals surface area contributed by atoms with Crippen molar-refractivity contribution >= 4 is 5.91 Å². The number of aryl methyl sites for hydroxylation is 1. The maximum atomic E-state index is 12.1. The molecule has 1 aliphatic rings. The molecule has 1 aromatic carbocycles. The van der Waals surface area contributed by atoms with Gasteiger partial charge in [0.2, 0.25) is 5.91 Å². The number of nitrogens with zero attached hydrogens (tertiary/aromatic N) is 2. The molecule has 0 unspecified atom stereocenters. The van der Waals surface area contributed by atoms with Gasteiger partial charge in [0, 0.05) is 18.7 Å². The normalized spacial score (nSPS) is 17.7. The summed E-state index contributed by atoms with van der Waals surface area (Å²) in [6.07, 6.45) is 2.64. The van der Waals surface area contributed by atoms with Crippen LogP contribution in [0.25, 0.3) is 11.1 Å². The van der Waals surface area contributed by atoms with E-state index in [9.17, 15) is 4.79 Å². The molecule has 3 nitrogen and oxygen atoms in total. The Morgan fingerprint density at radius 1 is 1.23 bits per heavy atom. The van der Waals surface area contributed by atoms with Crippen LogP contribution in [0.15, 0.2) is 42.5 Å². The molecule has 0 saturated carbocycles. The first kappa shape index (κ1) is 14.8. The van der Waals surface area contributed by atoms with Crippen LogP contribution in [0.3, 0.4) is 0 Å². The summed E-state index contributed by atoms with van der Waals surface area (Å²) in [4.78, 5) is 18.8. The number of carbonyl (C=O) groups is 1. The first-order valence-electron chi connectivity index (χ1n) is 8.02. The fourth-order valence-electron chi connectivity index (χ4n) is 3.24. The number of hydrogen-bond donors (Lipinski definition) is 0. The number of amides is 1. The molecule has 0 bridgehead atoms. The van der Waals surface area contributed by atoms with Crippen LogP contribution >= 0.6 is 0 Å². The molecule has 0 aliphatic carbocycles. The minimum Gasteiger partial charge on any atom is -0.334 e. The Kier molecular flexibility index (Phi) is 4.23. The van der Waals surface area contributed by atoms with Gasteiger partial charge in [-0.2, -0.15) is 0 Å². The van der Waals surface area contributed by atoms with Crippen molar-refractivity contribution in [2.24, 2.45) is 0 Å². The molecule has 1 amide bonds. The number of rotatable bonds is 3. The van der Waals surface area contributed by atoms with Crippen LogP contribution in [0, 0.1) is 6.92 Å². The molecule has 1 fully saturated rings. The number of carbonyl (C=O) groups excluding carboxylic acids is 1. The van der Waals surface area contributed by atoms with Crippen molar-refractivity contribution < 1.29 is 4.79 Å². The molecule has 1 aromatic heterocycles. The van der Waals surface area contributed by atoms with Crippen LogP contribution in [0.4, 0.5) is 0 Å². The lowest BCUT2D eigenvalue weighted by Gasteiger charge is -2.24. The zero-order valence-electron chi connectivity index (χ0n) is 13.2. The van der Waals surface area contributed by atoms with Crippen molar-refractivity contribution in [1.82, 2.24) is 9.88 Å². The number of likely N-dealkylation sites (tertiary alicyclic amines) is 1. The predicted molar refractivity (Wildman–Crippen MR) is 88.4 cm³/mol. The highest BCUT2D eigenvalue weighted by Crippen LogP contribution is 2.33. The number of hydrogen-bond acceptors (Lipinski definition) is 2. The molecule has 0 spiro atoms. The molecule has 0 radical (unpaired) electrons. The molecule has 2 heterocycles. The van der Waals surface area contributed by atoms with Crippen LogP contribution < -0.4 is 0 Å². The second kappa shape index (κ2) is 6.30. The summed E-state index contributed by atoms with van der Waals surface area (Å²) < 4.78 is 0. The average Bonchev–Trinajstić information content (AvgIpc) is 3.04. The minimum atomic E-state index is 0.134. The molecule has 114 valence electrons. The summed E-state index contributed by atoms with van der Waals surface area (Å²) in [6.45, 7) is 4.81. The summed E-state index contributed by atoms with van der Waals surface area (Å²) in [7, 11) is 0. The number of aromatic nitrogens is 1. The molecule has 3 heteroatoms. The standard InChI is InChI=1S/C19H22N2O/c1-3-19(22)21-11-7-10-18(21)17-13-16(12-14(2)20-17)15-8-5-4-6-9-15/h4-6,8-9,12-13,18H,3,7,10-11H2,1-2H3/t18-/m0/s1. The largest absolute Gasteiger partial charge is 0.334 e. The van der Waals surface area contributed by atoms with E-state index in [0.29, 0.717) is 6.42 Å². The van der Waals surface area contributed by atoms with E-state index in [-0.39, 0.29) is 11.9 Å². The van der Waals surface area contributed by atoms with Crippen molar-refractivity contribution in [3.05, 3.63) is 53.9 Å². The van der Waals surface area contributed by atoms with Crippen molar-refractivity contribution in [2.75, 3.05) is 6.54 Å². The molecular formula is C19H22N2O. The van der Waals surface area contributed by atoms with Crippen LogP contribution in [0.5, 0.6) is 0 Å². The Balaban J connectivity index is 1.98. The van der Waals surface area contributed by atoms with E-state index >= 15 is 0 Å². The summed E-state index contributed by atoms with van der Waals surface area (Å²) >= 11 is 0. The second-order valence-corrected chi connectivity index (χ2v) is 5.89. The van der Waals surface area contributed by atoms with Crippen LogP contribution in [-0.4, -0.2) is 22.3 Å². The van der Waals surface area contributed by atoms with Crippen LogP contribution in [-0.2, 0) is 4.79 Å². The molecule has 0 N–H and O–H groups in total. The highest BCUT2D eigenvalue weighted by Gasteiger charge is 2.30. The summed E-state index contributed by atoms with van der Waals surface area (Å²) in [5.74, 6) is 0.229. The van der Waals surface area contributed by atoms with Crippen LogP contribution in [0.1, 0.15) is 43.6 Å². The van der Waals surface area contributed by atoms with Crippen molar-refractivity contribution in [1.29, 1.82) is 0 Å². The van der Waals surface area contributed by atoms with Gasteiger partial charge in [0.25, 0.3) is 0 Å². The van der Waals surface area contributed by atoms with Gasteiger partial charge in [-0.1, -0.05) is 37.3 Å². The lowest BCUT2D eigenvalue weighted by Crippen LogP contribution is -2.30. The van der Waals surface area contributed by atoms with E-state index in [0.717, 1.165) is 30.8 Å². The molecule has 3 rings (SSSR count). The van der Waals surface area contributed by atoms with E-state index in [4.69, 9.17) is 4.98 Å². The van der Waals surface area contributed by atoms with Gasteiger partial charge in [-0.3, -0.25) is 9.78 Å². The Bertz CT molecular complexity index is 666. The summed E-state index contributed by atoms with van der Waals surface area (Å²) in [6, 6.07) is 14.7. The highest BCUT2D eigenvalue weighted by molar-refractivity contribution is 5.76. The van der Waals surface area contributed by atoms with Gasteiger partial charge in [-0.15, -0.1) is 0 Å². The summed E-state index contributed by atoms with van der Waals surface area (Å²) in [5.41, 5.74) is 4.41.